The second kappa shape index (κ2) is 7.07. The number of nitrogens with zero attached hydrogens (tertiary/aromatic N) is 3. The molecule has 0 saturated carbocycles. The van der Waals surface area contributed by atoms with Gasteiger partial charge in [0.1, 0.15) is 0 Å². The minimum absolute atomic E-state index is 0.115. The summed E-state index contributed by atoms with van der Waals surface area (Å²) >= 11 is 1.40. The van der Waals surface area contributed by atoms with Gasteiger partial charge in [-0.05, 0) is 37.3 Å². The number of anilines is 1. The summed E-state index contributed by atoms with van der Waals surface area (Å²) in [6, 6.07) is 7.06. The number of pyridine rings is 1. The number of hydrogen-bond acceptors (Lipinski definition) is 5. The van der Waals surface area contributed by atoms with Crippen LogP contribution in [-0.4, -0.2) is 31.7 Å². The van der Waals surface area contributed by atoms with Gasteiger partial charge in [0.2, 0.25) is 5.91 Å². The van der Waals surface area contributed by atoms with E-state index in [1.54, 1.807) is 25.1 Å². The second-order valence-corrected chi connectivity index (χ2v) is 7.79. The molecule has 1 atom stereocenters. The van der Waals surface area contributed by atoms with E-state index in [-0.39, 0.29) is 29.2 Å². The first-order valence-corrected chi connectivity index (χ1v) is 9.41. The summed E-state index contributed by atoms with van der Waals surface area (Å²) in [7, 11) is 0. The summed E-state index contributed by atoms with van der Waals surface area (Å²) in [6.45, 7) is 1.67. The predicted molar refractivity (Wildman–Crippen MR) is 99.5 cm³/mol. The zero-order valence-electron chi connectivity index (χ0n) is 14.9. The zero-order valence-corrected chi connectivity index (χ0v) is 15.8. The Morgan fingerprint density at radius 3 is 2.83 bits per heavy atom. The third kappa shape index (κ3) is 3.77. The van der Waals surface area contributed by atoms with Gasteiger partial charge in [0, 0.05) is 16.7 Å². The minimum Gasteiger partial charge on any atom is -0.345 e. The normalized spacial score (nSPS) is 16.4. The largest absolute Gasteiger partial charge is 0.417 e. The maximum atomic E-state index is 12.9. The Morgan fingerprint density at radius 2 is 2.07 bits per heavy atom. The smallest absolute Gasteiger partial charge is 0.345 e. The van der Waals surface area contributed by atoms with Crippen LogP contribution in [0.2, 0.25) is 0 Å². The zero-order chi connectivity index (χ0) is 20.8. The lowest BCUT2D eigenvalue weighted by Crippen LogP contribution is -2.27. The standard InChI is InChI=1S/C18H14F3N5O2S/c1-9-16(27)23-12-6-10(2-4-13(12)29-9)17(28)22-7-15-25-24-14-5-3-11(8-26(14)15)18(19,20)21/h2-6,8-9H,7H2,1H3,(H,22,28)(H,23,27). The van der Waals surface area contributed by atoms with Gasteiger partial charge < -0.3 is 10.6 Å². The molecule has 0 radical (unpaired) electrons. The fourth-order valence-electron chi connectivity index (χ4n) is 2.84. The van der Waals surface area contributed by atoms with Crippen molar-refractivity contribution in [1.82, 2.24) is 19.9 Å². The average Bonchev–Trinajstić information content (AvgIpc) is 3.08. The van der Waals surface area contributed by atoms with Crippen LogP contribution in [0.1, 0.15) is 28.7 Å². The lowest BCUT2D eigenvalue weighted by Gasteiger charge is -2.21. The van der Waals surface area contributed by atoms with Crippen LogP contribution in [0.3, 0.4) is 0 Å². The van der Waals surface area contributed by atoms with Gasteiger partial charge in [-0.25, -0.2) is 0 Å². The molecule has 29 heavy (non-hydrogen) atoms. The first-order valence-electron chi connectivity index (χ1n) is 8.53. The number of carbonyl (C=O) groups is 2. The Hall–Kier alpha value is -3.08. The van der Waals surface area contributed by atoms with Crippen molar-refractivity contribution in [2.45, 2.75) is 29.8 Å². The molecule has 2 aromatic heterocycles. The van der Waals surface area contributed by atoms with Gasteiger partial charge in [0.15, 0.2) is 11.5 Å². The first-order chi connectivity index (χ1) is 13.7. The fourth-order valence-corrected chi connectivity index (χ4v) is 3.77. The molecular formula is C18H14F3N5O2S. The number of halogens is 3. The Bertz CT molecular complexity index is 1130. The minimum atomic E-state index is -4.50. The Labute approximate surface area is 166 Å². The van der Waals surface area contributed by atoms with E-state index in [0.29, 0.717) is 11.3 Å². The van der Waals surface area contributed by atoms with Crippen LogP contribution in [0.4, 0.5) is 18.9 Å². The summed E-state index contributed by atoms with van der Waals surface area (Å²) in [5, 5.41) is 12.8. The highest BCUT2D eigenvalue weighted by Gasteiger charge is 2.31. The topological polar surface area (TPSA) is 88.4 Å². The number of hydrogen-bond donors (Lipinski definition) is 2. The predicted octanol–water partition coefficient (Wildman–Crippen LogP) is 3.11. The number of alkyl halides is 3. The summed E-state index contributed by atoms with van der Waals surface area (Å²) < 4.78 is 40.0. The molecule has 7 nitrogen and oxygen atoms in total. The molecule has 1 aliphatic rings. The number of benzene rings is 1. The maximum Gasteiger partial charge on any atom is 0.417 e. The van der Waals surface area contributed by atoms with E-state index in [4.69, 9.17) is 0 Å². The van der Waals surface area contributed by atoms with E-state index in [0.717, 1.165) is 17.2 Å². The summed E-state index contributed by atoms with van der Waals surface area (Å²) in [5.74, 6) is -0.431. The van der Waals surface area contributed by atoms with Gasteiger partial charge in [-0.15, -0.1) is 22.0 Å². The molecule has 1 aromatic carbocycles. The van der Waals surface area contributed by atoms with E-state index in [1.807, 2.05) is 0 Å². The lowest BCUT2D eigenvalue weighted by molar-refractivity contribution is -0.137. The molecule has 2 N–H and O–H groups in total. The highest BCUT2D eigenvalue weighted by molar-refractivity contribution is 8.00. The molecule has 0 bridgehead atoms. The van der Waals surface area contributed by atoms with E-state index < -0.39 is 17.6 Å². The van der Waals surface area contributed by atoms with Crippen molar-refractivity contribution in [1.29, 1.82) is 0 Å². The lowest BCUT2D eigenvalue weighted by atomic mass is 10.1. The van der Waals surface area contributed by atoms with Crippen LogP contribution >= 0.6 is 11.8 Å². The number of amides is 2. The van der Waals surface area contributed by atoms with Crippen molar-refractivity contribution in [3.05, 3.63) is 53.5 Å². The van der Waals surface area contributed by atoms with Crippen LogP contribution in [-0.2, 0) is 17.5 Å². The van der Waals surface area contributed by atoms with Crippen LogP contribution in [0, 0.1) is 0 Å². The van der Waals surface area contributed by atoms with Crippen molar-refractivity contribution in [2.24, 2.45) is 0 Å². The third-order valence-electron chi connectivity index (χ3n) is 4.38. The van der Waals surface area contributed by atoms with E-state index in [9.17, 15) is 22.8 Å². The van der Waals surface area contributed by atoms with Crippen LogP contribution < -0.4 is 10.6 Å². The molecule has 4 rings (SSSR count). The molecule has 0 spiro atoms. The van der Waals surface area contributed by atoms with Gasteiger partial charge >= 0.3 is 6.18 Å². The summed E-state index contributed by atoms with van der Waals surface area (Å²) in [4.78, 5) is 25.1. The molecular weight excluding hydrogens is 407 g/mol. The Balaban J connectivity index is 1.52. The molecule has 0 aliphatic carbocycles. The maximum absolute atomic E-state index is 12.9. The molecule has 0 fully saturated rings. The van der Waals surface area contributed by atoms with Crippen molar-refractivity contribution < 1.29 is 22.8 Å². The quantitative estimate of drug-likeness (QED) is 0.679. The first kappa shape index (κ1) is 19.2. The third-order valence-corrected chi connectivity index (χ3v) is 5.56. The van der Waals surface area contributed by atoms with Gasteiger partial charge in [-0.1, -0.05) is 0 Å². The SMILES string of the molecule is CC1Sc2ccc(C(=O)NCc3nnc4ccc(C(F)(F)F)cn34)cc2NC1=O. The van der Waals surface area contributed by atoms with Gasteiger partial charge in [-0.3, -0.25) is 14.0 Å². The molecule has 1 unspecified atom stereocenters. The molecule has 11 heteroatoms. The number of thioether (sulfide) groups is 1. The molecule has 3 heterocycles. The molecule has 2 amide bonds. The molecule has 1 aliphatic heterocycles. The van der Waals surface area contributed by atoms with Crippen LogP contribution in [0.5, 0.6) is 0 Å². The molecule has 0 saturated heterocycles. The summed E-state index contributed by atoms with van der Waals surface area (Å²) in [5.41, 5.74) is 0.261. The number of nitrogens with one attached hydrogen (secondary N) is 2. The van der Waals surface area contributed by atoms with E-state index >= 15 is 0 Å². The summed E-state index contributed by atoms with van der Waals surface area (Å²) in [6.07, 6.45) is -3.61. The van der Waals surface area contributed by atoms with E-state index in [1.165, 1.54) is 22.2 Å². The number of rotatable bonds is 3. The molecule has 150 valence electrons. The molecule has 3 aromatic rings. The highest BCUT2D eigenvalue weighted by Crippen LogP contribution is 2.36. The van der Waals surface area contributed by atoms with Crippen molar-refractivity contribution in [3.8, 4) is 0 Å². The average molecular weight is 421 g/mol. The second-order valence-electron chi connectivity index (χ2n) is 6.40. The van der Waals surface area contributed by atoms with E-state index in [2.05, 4.69) is 20.8 Å². The van der Waals surface area contributed by atoms with Crippen LogP contribution in [0.25, 0.3) is 5.65 Å². The van der Waals surface area contributed by atoms with Crippen LogP contribution in [0.15, 0.2) is 41.4 Å². The fraction of sp³-hybridized carbons (Fsp3) is 0.222. The van der Waals surface area contributed by atoms with Crippen molar-refractivity contribution in [3.63, 3.8) is 0 Å². The number of aromatic nitrogens is 3. The van der Waals surface area contributed by atoms with Gasteiger partial charge in [0.25, 0.3) is 5.91 Å². The number of fused-ring (bicyclic) bond motifs is 2. The Morgan fingerprint density at radius 1 is 1.28 bits per heavy atom. The Kier molecular flexibility index (Phi) is 4.69. The van der Waals surface area contributed by atoms with Gasteiger partial charge in [0.05, 0.1) is 23.0 Å². The highest BCUT2D eigenvalue weighted by atomic mass is 32.2. The monoisotopic (exact) mass is 421 g/mol. The van der Waals surface area contributed by atoms with Gasteiger partial charge in [-0.2, -0.15) is 13.2 Å². The number of carbonyl (C=O) groups excluding carboxylic acids is 2. The van der Waals surface area contributed by atoms with Crippen molar-refractivity contribution in [2.75, 3.05) is 5.32 Å². The van der Waals surface area contributed by atoms with Crippen molar-refractivity contribution >= 4 is 34.9 Å².